The molecule has 1 saturated heterocycles. The molecule has 1 atom stereocenters. The number of aromatic nitrogens is 2. The maximum atomic E-state index is 6.22. The van der Waals surface area contributed by atoms with E-state index in [1.54, 1.807) is 17.1 Å². The lowest BCUT2D eigenvalue weighted by atomic mass is 10.1. The Morgan fingerprint density at radius 1 is 1.10 bits per heavy atom. The van der Waals surface area contributed by atoms with Crippen molar-refractivity contribution in [3.63, 3.8) is 0 Å². The highest BCUT2D eigenvalue weighted by molar-refractivity contribution is 6.42. The molecule has 0 spiro atoms. The second-order valence-electron chi connectivity index (χ2n) is 7.48. The van der Waals surface area contributed by atoms with Gasteiger partial charge in [-0.3, -0.25) is 0 Å². The summed E-state index contributed by atoms with van der Waals surface area (Å²) >= 11 is 12.1. The van der Waals surface area contributed by atoms with Gasteiger partial charge in [-0.2, -0.15) is 5.10 Å². The van der Waals surface area contributed by atoms with E-state index < -0.39 is 0 Å². The Labute approximate surface area is 187 Å². The first-order valence-electron chi connectivity index (χ1n) is 10.3. The van der Waals surface area contributed by atoms with Gasteiger partial charge >= 0.3 is 0 Å². The van der Waals surface area contributed by atoms with E-state index in [0.29, 0.717) is 10.0 Å². The fourth-order valence-corrected chi connectivity index (χ4v) is 3.89. The number of rotatable bonds is 6. The molecule has 1 fully saturated rings. The Balaban J connectivity index is 1.26. The Kier molecular flexibility index (Phi) is 6.87. The smallest absolute Gasteiger partial charge is 0.225 e. The molecule has 6 nitrogen and oxygen atoms in total. The Morgan fingerprint density at radius 2 is 1.87 bits per heavy atom. The highest BCUT2D eigenvalue weighted by Gasteiger charge is 2.24. The first-order valence-corrected chi connectivity index (χ1v) is 11.1. The Morgan fingerprint density at radius 3 is 2.50 bits per heavy atom. The minimum atomic E-state index is -0.134. The molecule has 158 valence electrons. The first-order chi connectivity index (χ1) is 14.6. The maximum absolute atomic E-state index is 6.22. The zero-order chi connectivity index (χ0) is 20.9. The number of halogens is 2. The third kappa shape index (κ3) is 5.12. The van der Waals surface area contributed by atoms with Crippen molar-refractivity contribution in [2.24, 2.45) is 5.10 Å². The van der Waals surface area contributed by atoms with Crippen LogP contribution in [-0.4, -0.2) is 41.5 Å². The van der Waals surface area contributed by atoms with Gasteiger partial charge in [0.2, 0.25) is 5.95 Å². The van der Waals surface area contributed by atoms with Gasteiger partial charge in [0.05, 0.1) is 28.1 Å². The number of aryl methyl sites for hydroxylation is 1. The van der Waals surface area contributed by atoms with E-state index in [0.717, 1.165) is 50.4 Å². The van der Waals surface area contributed by atoms with Crippen LogP contribution in [0.25, 0.3) is 0 Å². The quantitative estimate of drug-likeness (QED) is 0.617. The summed E-state index contributed by atoms with van der Waals surface area (Å²) in [6, 6.07) is 5.43. The number of anilines is 2. The van der Waals surface area contributed by atoms with Gasteiger partial charge in [-0.1, -0.05) is 36.5 Å². The van der Waals surface area contributed by atoms with Gasteiger partial charge in [-0.25, -0.2) is 15.0 Å². The van der Waals surface area contributed by atoms with Gasteiger partial charge in [-0.15, -0.1) is 0 Å². The monoisotopic (exact) mass is 445 g/mol. The topological polar surface area (TPSA) is 53.9 Å². The van der Waals surface area contributed by atoms with Crippen LogP contribution < -0.4 is 9.91 Å². The Bertz CT molecular complexity index is 896. The summed E-state index contributed by atoms with van der Waals surface area (Å²) in [6.45, 7) is 3.94. The SMILES string of the molecule is CCCc1cnc(N2CCC(OC3C=CN(c4ccc(Cl)c(Cl)c4)N=C3)CC2)nc1. The zero-order valence-electron chi connectivity index (χ0n) is 16.9. The molecule has 0 N–H and O–H groups in total. The molecule has 2 aromatic rings. The summed E-state index contributed by atoms with van der Waals surface area (Å²) in [6.07, 6.45) is 13.7. The predicted octanol–water partition coefficient (Wildman–Crippen LogP) is 5.11. The van der Waals surface area contributed by atoms with Crippen molar-refractivity contribution in [2.75, 3.05) is 23.0 Å². The van der Waals surface area contributed by atoms with E-state index in [1.807, 2.05) is 37.0 Å². The summed E-state index contributed by atoms with van der Waals surface area (Å²) < 4.78 is 6.22. The lowest BCUT2D eigenvalue weighted by molar-refractivity contribution is 0.0312. The molecule has 0 bridgehead atoms. The number of hydrazone groups is 1. The highest BCUT2D eigenvalue weighted by Crippen LogP contribution is 2.28. The van der Waals surface area contributed by atoms with E-state index >= 15 is 0 Å². The molecule has 30 heavy (non-hydrogen) atoms. The second-order valence-corrected chi connectivity index (χ2v) is 8.29. The molecule has 0 amide bonds. The minimum Gasteiger partial charge on any atom is -0.365 e. The van der Waals surface area contributed by atoms with Gasteiger partial charge in [0.25, 0.3) is 0 Å². The summed E-state index contributed by atoms with van der Waals surface area (Å²) in [5.74, 6) is 0.810. The van der Waals surface area contributed by atoms with Crippen molar-refractivity contribution < 1.29 is 4.74 Å². The van der Waals surface area contributed by atoms with E-state index in [9.17, 15) is 0 Å². The lowest BCUT2D eigenvalue weighted by Gasteiger charge is -2.33. The molecule has 0 radical (unpaired) electrons. The van der Waals surface area contributed by atoms with Crippen molar-refractivity contribution in [1.82, 2.24) is 9.97 Å². The highest BCUT2D eigenvalue weighted by atomic mass is 35.5. The lowest BCUT2D eigenvalue weighted by Crippen LogP contribution is -2.39. The van der Waals surface area contributed by atoms with Gasteiger partial charge in [-0.05, 0) is 49.1 Å². The van der Waals surface area contributed by atoms with Gasteiger partial charge in [0, 0.05) is 31.7 Å². The molecule has 8 heteroatoms. The number of ether oxygens (including phenoxy) is 1. The number of nitrogens with zero attached hydrogens (tertiary/aromatic N) is 5. The number of hydrogen-bond acceptors (Lipinski definition) is 6. The van der Waals surface area contributed by atoms with Crippen LogP contribution in [0.4, 0.5) is 11.6 Å². The average Bonchev–Trinajstić information content (AvgIpc) is 2.78. The molecule has 1 aromatic heterocycles. The third-order valence-corrected chi connectivity index (χ3v) is 5.97. The first kappa shape index (κ1) is 21.1. The molecule has 4 rings (SSSR count). The van der Waals surface area contributed by atoms with E-state index in [4.69, 9.17) is 27.9 Å². The molecule has 1 aromatic carbocycles. The van der Waals surface area contributed by atoms with Crippen LogP contribution >= 0.6 is 23.2 Å². The van der Waals surface area contributed by atoms with Crippen LogP contribution in [0.5, 0.6) is 0 Å². The van der Waals surface area contributed by atoms with E-state index in [1.165, 1.54) is 5.56 Å². The third-order valence-electron chi connectivity index (χ3n) is 5.23. The van der Waals surface area contributed by atoms with Crippen LogP contribution in [0.1, 0.15) is 31.7 Å². The summed E-state index contributed by atoms with van der Waals surface area (Å²) in [7, 11) is 0. The molecular formula is C22H25Cl2N5O. The zero-order valence-corrected chi connectivity index (χ0v) is 18.4. The molecule has 2 aliphatic heterocycles. The van der Waals surface area contributed by atoms with Crippen molar-refractivity contribution in [3.8, 4) is 0 Å². The fourth-order valence-electron chi connectivity index (χ4n) is 3.60. The minimum absolute atomic E-state index is 0.134. The maximum Gasteiger partial charge on any atom is 0.225 e. The predicted molar refractivity (Wildman–Crippen MR) is 123 cm³/mol. The molecular weight excluding hydrogens is 421 g/mol. The van der Waals surface area contributed by atoms with Gasteiger partial charge < -0.3 is 9.64 Å². The molecule has 0 aliphatic carbocycles. The van der Waals surface area contributed by atoms with Crippen molar-refractivity contribution in [1.29, 1.82) is 0 Å². The molecule has 3 heterocycles. The van der Waals surface area contributed by atoms with Crippen molar-refractivity contribution in [3.05, 3.63) is 58.5 Å². The number of benzene rings is 1. The van der Waals surface area contributed by atoms with Crippen molar-refractivity contribution in [2.45, 2.75) is 44.8 Å². The van der Waals surface area contributed by atoms with Gasteiger partial charge in [0.15, 0.2) is 0 Å². The second kappa shape index (κ2) is 9.77. The van der Waals surface area contributed by atoms with E-state index in [-0.39, 0.29) is 12.2 Å². The fraction of sp³-hybridized carbons (Fsp3) is 0.409. The van der Waals surface area contributed by atoms with Crippen LogP contribution in [0.3, 0.4) is 0 Å². The van der Waals surface area contributed by atoms with Gasteiger partial charge in [0.1, 0.15) is 6.10 Å². The normalized spacial score (nSPS) is 19.5. The molecule has 1 unspecified atom stereocenters. The van der Waals surface area contributed by atoms with Crippen molar-refractivity contribution >= 4 is 41.1 Å². The summed E-state index contributed by atoms with van der Waals surface area (Å²) in [4.78, 5) is 11.3. The van der Waals surface area contributed by atoms with Crippen LogP contribution in [0, 0.1) is 0 Å². The van der Waals surface area contributed by atoms with Crippen LogP contribution in [0.15, 0.2) is 48.0 Å². The van der Waals surface area contributed by atoms with Crippen LogP contribution in [-0.2, 0) is 11.2 Å². The summed E-state index contributed by atoms with van der Waals surface area (Å²) in [5, 5.41) is 7.26. The molecule has 2 aliphatic rings. The summed E-state index contributed by atoms with van der Waals surface area (Å²) in [5.41, 5.74) is 2.05. The standard InChI is InChI=1S/C22H25Cl2N5O/c1-2-3-16-13-25-22(26-14-16)28-9-6-18(7-10-28)30-19-8-11-29(27-15-19)17-4-5-20(23)21(24)12-17/h4-5,8,11-15,18-19H,2-3,6-7,9-10H2,1H3. The largest absolute Gasteiger partial charge is 0.365 e. The average molecular weight is 446 g/mol. The molecule has 0 saturated carbocycles. The Hall–Kier alpha value is -2.15. The van der Waals surface area contributed by atoms with E-state index in [2.05, 4.69) is 26.9 Å². The number of hydrogen-bond donors (Lipinski definition) is 0. The van der Waals surface area contributed by atoms with Crippen LogP contribution in [0.2, 0.25) is 10.0 Å². The number of piperidine rings is 1.